The van der Waals surface area contributed by atoms with Gasteiger partial charge in [-0.3, -0.25) is 4.94 Å². The molecule has 0 N–H and O–H groups in total. The number of oxime groups is 1. The highest BCUT2D eigenvalue weighted by Gasteiger charge is 2.21. The minimum Gasteiger partial charge on any atom is -0.296 e. The van der Waals surface area contributed by atoms with Crippen molar-refractivity contribution in [2.75, 3.05) is 7.05 Å². The minimum atomic E-state index is 0.155. The van der Waals surface area contributed by atoms with Crippen LogP contribution in [0, 0.1) is 0 Å². The van der Waals surface area contributed by atoms with Crippen molar-refractivity contribution in [2.45, 2.75) is 11.9 Å². The van der Waals surface area contributed by atoms with Gasteiger partial charge in [-0.05, 0) is 6.92 Å². The Balaban J connectivity index is 2.59. The normalized spacial score (nSPS) is 29.9. The fourth-order valence-corrected chi connectivity index (χ4v) is 0.635. The first-order valence-electron chi connectivity index (χ1n) is 2.30. The highest BCUT2D eigenvalue weighted by molar-refractivity contribution is 9.09. The van der Waals surface area contributed by atoms with E-state index in [1.807, 2.05) is 14.0 Å². The first kappa shape index (κ1) is 6.04. The van der Waals surface area contributed by atoms with Gasteiger partial charge >= 0.3 is 0 Å². The maximum absolute atomic E-state index is 4.75. The second kappa shape index (κ2) is 2.03. The monoisotopic (exact) mass is 178 g/mol. The van der Waals surface area contributed by atoms with Gasteiger partial charge in [-0.2, -0.15) is 0 Å². The lowest BCUT2D eigenvalue weighted by molar-refractivity contribution is -0.114. The molecule has 3 nitrogen and oxygen atoms in total. The summed E-state index contributed by atoms with van der Waals surface area (Å²) in [5, 5.41) is 5.33. The van der Waals surface area contributed by atoms with Gasteiger partial charge in [-0.15, -0.1) is 5.06 Å². The number of hydroxylamine groups is 2. The van der Waals surface area contributed by atoms with Crippen LogP contribution in [0.4, 0.5) is 0 Å². The summed E-state index contributed by atoms with van der Waals surface area (Å²) in [6.45, 7) is 1.91. The highest BCUT2D eigenvalue weighted by atomic mass is 79.9. The van der Waals surface area contributed by atoms with Gasteiger partial charge < -0.3 is 0 Å². The molecule has 0 radical (unpaired) electrons. The van der Waals surface area contributed by atoms with E-state index in [1.165, 1.54) is 0 Å². The van der Waals surface area contributed by atoms with E-state index in [2.05, 4.69) is 21.1 Å². The Morgan fingerprint density at radius 2 is 2.50 bits per heavy atom. The molecule has 0 aromatic rings. The van der Waals surface area contributed by atoms with Gasteiger partial charge in [0.25, 0.3) is 0 Å². The molecule has 4 heteroatoms. The molecular formula is C4H7BrN2O. The molecule has 1 aliphatic rings. The Hall–Kier alpha value is -0.0900. The number of rotatable bonds is 0. The number of hydrogen-bond donors (Lipinski definition) is 0. The quantitative estimate of drug-likeness (QED) is 0.408. The van der Waals surface area contributed by atoms with E-state index in [0.717, 1.165) is 5.71 Å². The first-order chi connectivity index (χ1) is 3.72. The Kier molecular flexibility index (Phi) is 1.53. The Morgan fingerprint density at radius 1 is 1.88 bits per heavy atom. The molecule has 1 unspecified atom stereocenters. The van der Waals surface area contributed by atoms with Crippen molar-refractivity contribution in [1.29, 1.82) is 0 Å². The van der Waals surface area contributed by atoms with Gasteiger partial charge in [0.05, 0.1) is 5.71 Å². The van der Waals surface area contributed by atoms with Crippen molar-refractivity contribution in [3.8, 4) is 0 Å². The molecule has 0 aliphatic carbocycles. The van der Waals surface area contributed by atoms with Crippen molar-refractivity contribution < 1.29 is 4.94 Å². The van der Waals surface area contributed by atoms with E-state index in [-0.39, 0.29) is 4.95 Å². The third kappa shape index (κ3) is 0.855. The van der Waals surface area contributed by atoms with Crippen LogP contribution in [0.25, 0.3) is 0 Å². The maximum Gasteiger partial charge on any atom is 0.144 e. The fraction of sp³-hybridized carbons (Fsp3) is 0.750. The molecule has 0 amide bonds. The van der Waals surface area contributed by atoms with Gasteiger partial charge in [0, 0.05) is 7.05 Å². The van der Waals surface area contributed by atoms with E-state index in [1.54, 1.807) is 5.06 Å². The van der Waals surface area contributed by atoms with Crippen LogP contribution in [0.1, 0.15) is 6.92 Å². The maximum atomic E-state index is 4.75. The summed E-state index contributed by atoms with van der Waals surface area (Å²) in [6, 6.07) is 0. The molecule has 0 bridgehead atoms. The second-order valence-electron chi connectivity index (χ2n) is 1.70. The largest absolute Gasteiger partial charge is 0.296 e. The zero-order valence-corrected chi connectivity index (χ0v) is 6.34. The number of nitrogens with zero attached hydrogens (tertiary/aromatic N) is 2. The summed E-state index contributed by atoms with van der Waals surface area (Å²) < 4.78 is 0. The highest BCUT2D eigenvalue weighted by Crippen LogP contribution is 2.14. The molecule has 1 heterocycles. The summed E-state index contributed by atoms with van der Waals surface area (Å²) in [5.74, 6) is 0. The van der Waals surface area contributed by atoms with Crippen LogP contribution in [0.3, 0.4) is 0 Å². The van der Waals surface area contributed by atoms with Crippen molar-refractivity contribution in [1.82, 2.24) is 5.06 Å². The standard InChI is InChI=1S/C4H7BrN2O/c1-3-4(5)7(2)8-6-3/h4H,1-2H3. The SMILES string of the molecule is CC1=NON(C)C1Br. The average molecular weight is 179 g/mol. The van der Waals surface area contributed by atoms with Crippen LogP contribution in [0.15, 0.2) is 5.16 Å². The van der Waals surface area contributed by atoms with Crippen molar-refractivity contribution in [3.05, 3.63) is 0 Å². The van der Waals surface area contributed by atoms with E-state index in [4.69, 9.17) is 4.94 Å². The molecule has 0 fully saturated rings. The molecule has 0 spiro atoms. The number of alkyl halides is 1. The number of halogens is 1. The molecule has 0 saturated heterocycles. The van der Waals surface area contributed by atoms with Gasteiger partial charge in [0.2, 0.25) is 0 Å². The molecule has 1 aliphatic heterocycles. The molecule has 0 aromatic carbocycles. The minimum absolute atomic E-state index is 0.155. The van der Waals surface area contributed by atoms with Gasteiger partial charge in [0.1, 0.15) is 4.95 Å². The molecule has 0 saturated carbocycles. The number of hydrogen-bond acceptors (Lipinski definition) is 3. The predicted molar refractivity (Wildman–Crippen MR) is 34.7 cm³/mol. The Morgan fingerprint density at radius 3 is 2.62 bits per heavy atom. The summed E-state index contributed by atoms with van der Waals surface area (Å²) in [7, 11) is 1.82. The second-order valence-corrected chi connectivity index (χ2v) is 2.56. The molecule has 1 atom stereocenters. The lowest BCUT2D eigenvalue weighted by Gasteiger charge is -2.07. The summed E-state index contributed by atoms with van der Waals surface area (Å²) in [4.78, 5) is 4.91. The smallest absolute Gasteiger partial charge is 0.144 e. The van der Waals surface area contributed by atoms with E-state index in [9.17, 15) is 0 Å². The lowest BCUT2D eigenvalue weighted by atomic mass is 10.4. The topological polar surface area (TPSA) is 24.8 Å². The van der Waals surface area contributed by atoms with Crippen LogP contribution in [0.5, 0.6) is 0 Å². The Labute approximate surface area is 56.4 Å². The summed E-state index contributed by atoms with van der Waals surface area (Å²) in [6.07, 6.45) is 0. The molecular weight excluding hydrogens is 172 g/mol. The summed E-state index contributed by atoms with van der Waals surface area (Å²) >= 11 is 3.34. The van der Waals surface area contributed by atoms with Gasteiger partial charge in [-0.25, -0.2) is 0 Å². The van der Waals surface area contributed by atoms with Crippen molar-refractivity contribution >= 4 is 21.6 Å². The lowest BCUT2D eigenvalue weighted by Crippen LogP contribution is -2.23. The van der Waals surface area contributed by atoms with E-state index < -0.39 is 0 Å². The average Bonchev–Trinajstić information content (AvgIpc) is 1.98. The van der Waals surface area contributed by atoms with Crippen LogP contribution in [-0.4, -0.2) is 22.8 Å². The molecule has 8 heavy (non-hydrogen) atoms. The van der Waals surface area contributed by atoms with Crippen LogP contribution in [0.2, 0.25) is 0 Å². The van der Waals surface area contributed by atoms with Crippen molar-refractivity contribution in [3.63, 3.8) is 0 Å². The fourth-order valence-electron chi connectivity index (χ4n) is 0.477. The Bertz CT molecular complexity index is 125. The van der Waals surface area contributed by atoms with E-state index in [0.29, 0.717) is 0 Å². The summed E-state index contributed by atoms with van der Waals surface area (Å²) in [5.41, 5.74) is 0.951. The van der Waals surface area contributed by atoms with Gasteiger partial charge in [-0.1, -0.05) is 21.1 Å². The van der Waals surface area contributed by atoms with Gasteiger partial charge in [0.15, 0.2) is 0 Å². The third-order valence-electron chi connectivity index (χ3n) is 0.978. The van der Waals surface area contributed by atoms with Crippen LogP contribution >= 0.6 is 15.9 Å². The first-order valence-corrected chi connectivity index (χ1v) is 3.22. The third-order valence-corrected chi connectivity index (χ3v) is 2.22. The molecule has 1 rings (SSSR count). The van der Waals surface area contributed by atoms with E-state index >= 15 is 0 Å². The molecule has 46 valence electrons. The van der Waals surface area contributed by atoms with Crippen molar-refractivity contribution in [2.24, 2.45) is 5.16 Å². The zero-order chi connectivity index (χ0) is 6.15. The molecule has 0 aromatic heterocycles. The van der Waals surface area contributed by atoms with Crippen LogP contribution in [-0.2, 0) is 4.94 Å². The zero-order valence-electron chi connectivity index (χ0n) is 4.76. The van der Waals surface area contributed by atoms with Crippen LogP contribution < -0.4 is 0 Å². The predicted octanol–water partition coefficient (Wildman–Crippen LogP) is 0.960.